The summed E-state index contributed by atoms with van der Waals surface area (Å²) in [4.78, 5) is 16.8. The highest BCUT2D eigenvalue weighted by Crippen LogP contribution is 2.20. The number of carbonyl (C=O) groups is 1. The van der Waals surface area contributed by atoms with Gasteiger partial charge in [0.25, 0.3) is 0 Å². The van der Waals surface area contributed by atoms with E-state index in [2.05, 4.69) is 4.90 Å². The summed E-state index contributed by atoms with van der Waals surface area (Å²) < 4.78 is 19.2. The quantitative estimate of drug-likeness (QED) is 0.726. The van der Waals surface area contributed by atoms with Gasteiger partial charge in [0.15, 0.2) is 0 Å². The highest BCUT2D eigenvalue weighted by molar-refractivity contribution is 5.76. The van der Waals surface area contributed by atoms with Crippen LogP contribution in [0.3, 0.4) is 0 Å². The van der Waals surface area contributed by atoms with Crippen LogP contribution in [0.4, 0.5) is 4.39 Å². The fourth-order valence-electron chi connectivity index (χ4n) is 3.82. The van der Waals surface area contributed by atoms with Crippen molar-refractivity contribution in [3.8, 4) is 5.75 Å². The average Bonchev–Trinajstić information content (AvgIpc) is 2.73. The van der Waals surface area contributed by atoms with E-state index >= 15 is 0 Å². The molecular formula is C23H29FN2O2. The van der Waals surface area contributed by atoms with Crippen molar-refractivity contribution in [1.29, 1.82) is 0 Å². The highest BCUT2D eigenvalue weighted by atomic mass is 19.1. The minimum atomic E-state index is -0.160. The molecule has 1 heterocycles. The van der Waals surface area contributed by atoms with Gasteiger partial charge in [-0.3, -0.25) is 9.69 Å². The first kappa shape index (κ1) is 20.3. The van der Waals surface area contributed by atoms with E-state index in [0.29, 0.717) is 19.4 Å². The van der Waals surface area contributed by atoms with Crippen LogP contribution in [0.2, 0.25) is 0 Å². The first-order chi connectivity index (χ1) is 13.6. The predicted octanol–water partition coefficient (Wildman–Crippen LogP) is 3.89. The zero-order valence-corrected chi connectivity index (χ0v) is 16.7. The number of rotatable bonds is 7. The zero-order chi connectivity index (χ0) is 19.9. The second-order valence-corrected chi connectivity index (χ2v) is 7.48. The number of carbonyl (C=O) groups excluding carboxylic acids is 1. The molecule has 5 heteroatoms. The summed E-state index contributed by atoms with van der Waals surface area (Å²) in [6.45, 7) is 2.32. The van der Waals surface area contributed by atoms with Crippen LogP contribution in [-0.4, -0.2) is 49.0 Å². The van der Waals surface area contributed by atoms with Crippen molar-refractivity contribution >= 4 is 5.91 Å². The molecule has 0 unspecified atom stereocenters. The molecule has 1 atom stereocenters. The smallest absolute Gasteiger partial charge is 0.222 e. The molecule has 2 aromatic carbocycles. The minimum absolute atomic E-state index is 0.153. The van der Waals surface area contributed by atoms with Gasteiger partial charge in [-0.25, -0.2) is 4.39 Å². The van der Waals surface area contributed by atoms with E-state index in [1.54, 1.807) is 13.2 Å². The maximum absolute atomic E-state index is 13.9. The van der Waals surface area contributed by atoms with Gasteiger partial charge in [-0.05, 0) is 49.6 Å². The number of likely N-dealkylation sites (N-methyl/N-ethyl adjacent to an activating group) is 1. The Morgan fingerprint density at radius 3 is 2.86 bits per heavy atom. The molecule has 1 amide bonds. The fourth-order valence-corrected chi connectivity index (χ4v) is 3.82. The molecule has 0 bridgehead atoms. The lowest BCUT2D eigenvalue weighted by Gasteiger charge is -2.37. The Balaban J connectivity index is 1.53. The van der Waals surface area contributed by atoms with Crippen LogP contribution in [0.15, 0.2) is 48.5 Å². The number of hydrogen-bond acceptors (Lipinski definition) is 3. The molecule has 1 saturated heterocycles. The molecular weight excluding hydrogens is 355 g/mol. The van der Waals surface area contributed by atoms with Crippen molar-refractivity contribution in [3.63, 3.8) is 0 Å². The SMILES string of the molecule is COc1cccc(CCC(=O)N(C)[C@H]2CCCN(Cc3ccccc3F)C2)c1. The first-order valence-electron chi connectivity index (χ1n) is 9.91. The lowest BCUT2D eigenvalue weighted by atomic mass is 10.0. The largest absolute Gasteiger partial charge is 0.497 e. The maximum Gasteiger partial charge on any atom is 0.222 e. The van der Waals surface area contributed by atoms with Crippen molar-refractivity contribution in [2.45, 2.75) is 38.3 Å². The van der Waals surface area contributed by atoms with Crippen molar-refractivity contribution in [2.75, 3.05) is 27.2 Å². The third kappa shape index (κ3) is 5.32. The molecule has 4 nitrogen and oxygen atoms in total. The standard InChI is InChI=1S/C23H29FN2O2/c1-25(23(27)13-12-18-7-5-10-21(15-18)28-2)20-9-6-14-26(17-20)16-19-8-3-4-11-22(19)24/h3-5,7-8,10-11,15,20H,6,9,12-14,16-17H2,1-2H3/t20-/m0/s1. The molecule has 28 heavy (non-hydrogen) atoms. The van der Waals surface area contributed by atoms with E-state index in [4.69, 9.17) is 4.74 Å². The molecule has 1 aliphatic heterocycles. The maximum atomic E-state index is 13.9. The lowest BCUT2D eigenvalue weighted by molar-refractivity contribution is -0.133. The zero-order valence-electron chi connectivity index (χ0n) is 16.7. The van der Waals surface area contributed by atoms with Crippen LogP contribution < -0.4 is 4.74 Å². The Labute approximate surface area is 166 Å². The van der Waals surface area contributed by atoms with Gasteiger partial charge >= 0.3 is 0 Å². The molecule has 0 N–H and O–H groups in total. The van der Waals surface area contributed by atoms with E-state index in [-0.39, 0.29) is 17.8 Å². The van der Waals surface area contributed by atoms with Gasteiger partial charge in [0.05, 0.1) is 7.11 Å². The van der Waals surface area contributed by atoms with Gasteiger partial charge in [0.2, 0.25) is 5.91 Å². The number of likely N-dealkylation sites (tertiary alicyclic amines) is 1. The van der Waals surface area contributed by atoms with Crippen molar-refractivity contribution < 1.29 is 13.9 Å². The van der Waals surface area contributed by atoms with Crippen LogP contribution >= 0.6 is 0 Å². The van der Waals surface area contributed by atoms with E-state index in [0.717, 1.165) is 42.8 Å². The number of aryl methyl sites for hydroxylation is 1. The number of piperidine rings is 1. The van der Waals surface area contributed by atoms with Gasteiger partial charge in [0, 0.05) is 38.2 Å². The Kier molecular flexibility index (Phi) is 7.04. The summed E-state index contributed by atoms with van der Waals surface area (Å²) in [6.07, 6.45) is 3.20. The number of benzene rings is 2. The third-order valence-electron chi connectivity index (χ3n) is 5.54. The van der Waals surface area contributed by atoms with Gasteiger partial charge in [-0.2, -0.15) is 0 Å². The Morgan fingerprint density at radius 2 is 2.07 bits per heavy atom. The summed E-state index contributed by atoms with van der Waals surface area (Å²) in [5.41, 5.74) is 1.82. The van der Waals surface area contributed by atoms with Crippen LogP contribution in [0.25, 0.3) is 0 Å². The lowest BCUT2D eigenvalue weighted by Crippen LogP contribution is -2.48. The Bertz CT molecular complexity index is 796. The second-order valence-electron chi connectivity index (χ2n) is 7.48. The molecule has 1 aliphatic rings. The summed E-state index contributed by atoms with van der Waals surface area (Å²) >= 11 is 0. The first-order valence-corrected chi connectivity index (χ1v) is 9.91. The van der Waals surface area contributed by atoms with Gasteiger partial charge in [-0.1, -0.05) is 30.3 Å². The van der Waals surface area contributed by atoms with Gasteiger partial charge in [-0.15, -0.1) is 0 Å². The van der Waals surface area contributed by atoms with Crippen molar-refractivity contribution in [3.05, 3.63) is 65.5 Å². The van der Waals surface area contributed by atoms with Crippen LogP contribution in [0.1, 0.15) is 30.4 Å². The van der Waals surface area contributed by atoms with Crippen LogP contribution in [0.5, 0.6) is 5.75 Å². The molecule has 0 aliphatic carbocycles. The monoisotopic (exact) mass is 384 g/mol. The molecule has 1 fully saturated rings. The third-order valence-corrected chi connectivity index (χ3v) is 5.54. The van der Waals surface area contributed by atoms with Crippen molar-refractivity contribution in [1.82, 2.24) is 9.80 Å². The summed E-state index contributed by atoms with van der Waals surface area (Å²) in [6, 6.07) is 15.0. The molecule has 0 radical (unpaired) electrons. The van der Waals surface area contributed by atoms with Gasteiger partial charge in [0.1, 0.15) is 11.6 Å². The van der Waals surface area contributed by atoms with E-state index in [1.165, 1.54) is 6.07 Å². The number of halogens is 1. The second kappa shape index (κ2) is 9.69. The van der Waals surface area contributed by atoms with Gasteiger partial charge < -0.3 is 9.64 Å². The molecule has 2 aromatic rings. The normalized spacial score (nSPS) is 17.3. The number of methoxy groups -OCH3 is 1. The molecule has 0 spiro atoms. The number of nitrogens with zero attached hydrogens (tertiary/aromatic N) is 2. The molecule has 0 aromatic heterocycles. The molecule has 3 rings (SSSR count). The molecule has 150 valence electrons. The number of ether oxygens (including phenoxy) is 1. The van der Waals surface area contributed by atoms with Crippen LogP contribution in [-0.2, 0) is 17.8 Å². The van der Waals surface area contributed by atoms with E-state index in [9.17, 15) is 9.18 Å². The summed E-state index contributed by atoms with van der Waals surface area (Å²) in [7, 11) is 3.54. The average molecular weight is 384 g/mol. The van der Waals surface area contributed by atoms with Crippen molar-refractivity contribution in [2.24, 2.45) is 0 Å². The number of amides is 1. The summed E-state index contributed by atoms with van der Waals surface area (Å²) in [5, 5.41) is 0. The van der Waals surface area contributed by atoms with Crippen LogP contribution in [0, 0.1) is 5.82 Å². The Morgan fingerprint density at radius 1 is 1.25 bits per heavy atom. The topological polar surface area (TPSA) is 32.8 Å². The van der Waals surface area contributed by atoms with E-state index < -0.39 is 0 Å². The molecule has 0 saturated carbocycles. The Hall–Kier alpha value is -2.40. The summed E-state index contributed by atoms with van der Waals surface area (Å²) in [5.74, 6) is 0.808. The van der Waals surface area contributed by atoms with E-state index in [1.807, 2.05) is 48.3 Å². The highest BCUT2D eigenvalue weighted by Gasteiger charge is 2.26. The fraction of sp³-hybridized carbons (Fsp3) is 0.435. The number of hydrogen-bond donors (Lipinski definition) is 0. The predicted molar refractivity (Wildman–Crippen MR) is 109 cm³/mol. The minimum Gasteiger partial charge on any atom is -0.497 e.